The zero-order chi connectivity index (χ0) is 20.7. The predicted molar refractivity (Wildman–Crippen MR) is 105 cm³/mol. The number of amides is 2. The van der Waals surface area contributed by atoms with Crippen LogP contribution in [0.15, 0.2) is 41.2 Å². The lowest BCUT2D eigenvalue weighted by atomic mass is 10.1. The predicted octanol–water partition coefficient (Wildman–Crippen LogP) is 2.03. The number of carboxylic acid groups (broad SMARTS) is 1. The van der Waals surface area contributed by atoms with Crippen molar-refractivity contribution in [1.29, 1.82) is 0 Å². The monoisotopic (exact) mass is 385 g/mol. The van der Waals surface area contributed by atoms with E-state index in [9.17, 15) is 19.2 Å². The summed E-state index contributed by atoms with van der Waals surface area (Å²) < 4.78 is 0. The van der Waals surface area contributed by atoms with Crippen molar-refractivity contribution in [3.8, 4) is 0 Å². The van der Waals surface area contributed by atoms with Gasteiger partial charge in [-0.3, -0.25) is 19.2 Å². The lowest BCUT2D eigenvalue weighted by Crippen LogP contribution is -2.26. The molecule has 2 rings (SSSR count). The number of aliphatic carboxylic acids is 1. The molecular weight excluding hydrogens is 362 g/mol. The first-order valence-corrected chi connectivity index (χ1v) is 8.89. The van der Waals surface area contributed by atoms with E-state index < -0.39 is 17.8 Å². The Bertz CT molecular complexity index is 916. The van der Waals surface area contributed by atoms with Gasteiger partial charge in [-0.1, -0.05) is 13.8 Å². The maximum Gasteiger partial charge on any atom is 0.305 e. The van der Waals surface area contributed by atoms with Gasteiger partial charge >= 0.3 is 5.97 Å². The second-order valence-electron chi connectivity index (χ2n) is 6.79. The van der Waals surface area contributed by atoms with E-state index in [2.05, 4.69) is 15.6 Å². The minimum Gasteiger partial charge on any atom is -0.481 e. The summed E-state index contributed by atoms with van der Waals surface area (Å²) in [7, 11) is 0. The van der Waals surface area contributed by atoms with Crippen molar-refractivity contribution in [1.82, 2.24) is 10.3 Å². The molecule has 0 aliphatic rings. The number of aromatic nitrogens is 1. The van der Waals surface area contributed by atoms with Crippen molar-refractivity contribution >= 4 is 23.5 Å². The highest BCUT2D eigenvalue weighted by Gasteiger charge is 2.11. The standard InChI is InChI=1S/C20H23N3O5/c1-12(2)9-16-10-14(11-17(24)22-16)20(28)23-15-5-3-13(4-6-15)19(27)21-8-7-18(25)26/h3-6,10-12H,7-9H2,1-2H3,(H,21,27)(H,22,24)(H,23,28)(H,25,26). The summed E-state index contributed by atoms with van der Waals surface area (Å²) in [5.74, 6) is -1.47. The third kappa shape index (κ3) is 6.39. The summed E-state index contributed by atoms with van der Waals surface area (Å²) in [6, 6.07) is 9.06. The van der Waals surface area contributed by atoms with Crippen LogP contribution in [0.1, 0.15) is 46.7 Å². The number of carboxylic acids is 1. The normalized spacial score (nSPS) is 10.5. The van der Waals surface area contributed by atoms with Gasteiger partial charge in [0.25, 0.3) is 11.8 Å². The molecular formula is C20H23N3O5. The molecule has 0 aliphatic carbocycles. The smallest absolute Gasteiger partial charge is 0.305 e. The minimum absolute atomic E-state index is 0.0356. The minimum atomic E-state index is -0.991. The van der Waals surface area contributed by atoms with E-state index in [1.165, 1.54) is 18.2 Å². The van der Waals surface area contributed by atoms with Gasteiger partial charge in [-0.2, -0.15) is 0 Å². The van der Waals surface area contributed by atoms with E-state index in [4.69, 9.17) is 5.11 Å². The molecule has 0 unspecified atom stereocenters. The van der Waals surface area contributed by atoms with E-state index >= 15 is 0 Å². The van der Waals surface area contributed by atoms with E-state index in [1.807, 2.05) is 13.8 Å². The lowest BCUT2D eigenvalue weighted by Gasteiger charge is -2.09. The van der Waals surface area contributed by atoms with Crippen LogP contribution in [0.25, 0.3) is 0 Å². The Morgan fingerprint density at radius 1 is 1.04 bits per heavy atom. The zero-order valence-corrected chi connectivity index (χ0v) is 15.7. The van der Waals surface area contributed by atoms with Gasteiger partial charge in [0.2, 0.25) is 5.56 Å². The van der Waals surface area contributed by atoms with Gasteiger partial charge < -0.3 is 20.7 Å². The molecule has 1 aromatic carbocycles. The molecule has 0 saturated carbocycles. The first-order chi connectivity index (χ1) is 13.2. The largest absolute Gasteiger partial charge is 0.481 e. The molecule has 2 amide bonds. The number of anilines is 1. The lowest BCUT2D eigenvalue weighted by molar-refractivity contribution is -0.136. The van der Waals surface area contributed by atoms with Gasteiger partial charge in [-0.15, -0.1) is 0 Å². The first-order valence-electron chi connectivity index (χ1n) is 8.89. The average Bonchev–Trinajstić information content (AvgIpc) is 2.60. The number of hydrogen-bond donors (Lipinski definition) is 4. The van der Waals surface area contributed by atoms with Crippen LogP contribution in [0.3, 0.4) is 0 Å². The zero-order valence-electron chi connectivity index (χ0n) is 15.7. The van der Waals surface area contributed by atoms with E-state index in [0.29, 0.717) is 29.3 Å². The summed E-state index contributed by atoms with van der Waals surface area (Å²) in [5.41, 5.74) is 1.43. The summed E-state index contributed by atoms with van der Waals surface area (Å²) in [6.45, 7) is 4.07. The molecule has 4 N–H and O–H groups in total. The quantitative estimate of drug-likeness (QED) is 0.553. The molecule has 1 aromatic heterocycles. The highest BCUT2D eigenvalue weighted by atomic mass is 16.4. The summed E-state index contributed by atoms with van der Waals surface area (Å²) >= 11 is 0. The Hall–Kier alpha value is -3.42. The average molecular weight is 385 g/mol. The molecule has 0 saturated heterocycles. The highest BCUT2D eigenvalue weighted by molar-refractivity contribution is 6.04. The van der Waals surface area contributed by atoms with E-state index in [0.717, 1.165) is 0 Å². The second-order valence-corrected chi connectivity index (χ2v) is 6.79. The third-order valence-electron chi connectivity index (χ3n) is 3.82. The molecule has 28 heavy (non-hydrogen) atoms. The fourth-order valence-electron chi connectivity index (χ4n) is 2.58. The highest BCUT2D eigenvalue weighted by Crippen LogP contribution is 2.12. The van der Waals surface area contributed by atoms with Crippen LogP contribution in [0.2, 0.25) is 0 Å². The number of carbonyl (C=O) groups excluding carboxylic acids is 2. The Balaban J connectivity index is 2.03. The molecule has 0 spiro atoms. The van der Waals surface area contributed by atoms with Gasteiger partial charge in [0.05, 0.1) is 6.42 Å². The first kappa shape index (κ1) is 20.9. The van der Waals surface area contributed by atoms with Crippen LogP contribution in [-0.2, 0) is 11.2 Å². The molecule has 0 fully saturated rings. The number of rotatable bonds is 8. The van der Waals surface area contributed by atoms with Crippen molar-refractivity contribution in [3.05, 3.63) is 63.6 Å². The number of carbonyl (C=O) groups is 3. The van der Waals surface area contributed by atoms with Crippen LogP contribution in [0.4, 0.5) is 5.69 Å². The number of aromatic amines is 1. The van der Waals surface area contributed by atoms with E-state index in [1.54, 1.807) is 18.2 Å². The molecule has 0 bridgehead atoms. The SMILES string of the molecule is CC(C)Cc1cc(C(=O)Nc2ccc(C(=O)NCCC(=O)O)cc2)cc(=O)[nH]1. The van der Waals surface area contributed by atoms with Gasteiger partial charge in [0.1, 0.15) is 0 Å². The summed E-state index contributed by atoms with van der Waals surface area (Å²) in [5, 5.41) is 13.8. The van der Waals surface area contributed by atoms with Crippen LogP contribution in [0.5, 0.6) is 0 Å². The van der Waals surface area contributed by atoms with Crippen molar-refractivity contribution in [2.75, 3.05) is 11.9 Å². The van der Waals surface area contributed by atoms with Gasteiger partial charge in [-0.05, 0) is 42.7 Å². The summed E-state index contributed by atoms with van der Waals surface area (Å²) in [6.07, 6.45) is 0.497. The topological polar surface area (TPSA) is 128 Å². The number of hydrogen-bond acceptors (Lipinski definition) is 4. The molecule has 8 heteroatoms. The van der Waals surface area contributed by atoms with Gasteiger partial charge in [0, 0.05) is 35.1 Å². The van der Waals surface area contributed by atoms with Crippen LogP contribution < -0.4 is 16.2 Å². The molecule has 2 aromatic rings. The summed E-state index contributed by atoms with van der Waals surface area (Å²) in [4.78, 5) is 49.3. The fraction of sp³-hybridized carbons (Fsp3) is 0.300. The molecule has 148 valence electrons. The second kappa shape index (κ2) is 9.50. The van der Waals surface area contributed by atoms with Crippen molar-refractivity contribution in [2.45, 2.75) is 26.7 Å². The number of pyridine rings is 1. The molecule has 0 aliphatic heterocycles. The van der Waals surface area contributed by atoms with Crippen molar-refractivity contribution in [2.24, 2.45) is 5.92 Å². The Morgan fingerprint density at radius 2 is 1.71 bits per heavy atom. The van der Waals surface area contributed by atoms with Crippen molar-refractivity contribution in [3.63, 3.8) is 0 Å². The van der Waals surface area contributed by atoms with E-state index in [-0.39, 0.29) is 24.1 Å². The molecule has 8 nitrogen and oxygen atoms in total. The number of benzene rings is 1. The Morgan fingerprint density at radius 3 is 2.32 bits per heavy atom. The maximum absolute atomic E-state index is 12.4. The maximum atomic E-state index is 12.4. The Kier molecular flexibility index (Phi) is 7.08. The van der Waals surface area contributed by atoms with Gasteiger partial charge in [0.15, 0.2) is 0 Å². The third-order valence-corrected chi connectivity index (χ3v) is 3.82. The molecule has 1 heterocycles. The number of H-pyrrole nitrogens is 1. The van der Waals surface area contributed by atoms with Crippen LogP contribution in [-0.4, -0.2) is 34.4 Å². The van der Waals surface area contributed by atoms with Crippen LogP contribution >= 0.6 is 0 Å². The molecule has 0 radical (unpaired) electrons. The number of nitrogens with one attached hydrogen (secondary N) is 3. The van der Waals surface area contributed by atoms with Crippen LogP contribution in [0, 0.1) is 5.92 Å². The fourth-order valence-corrected chi connectivity index (χ4v) is 2.58. The molecule has 0 atom stereocenters. The Labute approximate surface area is 162 Å². The van der Waals surface area contributed by atoms with Crippen molar-refractivity contribution < 1.29 is 19.5 Å². The van der Waals surface area contributed by atoms with Gasteiger partial charge in [-0.25, -0.2) is 0 Å².